The van der Waals surface area contributed by atoms with Crippen LogP contribution in [-0.2, 0) is 0 Å². The molecule has 0 saturated heterocycles. The number of aromatic nitrogens is 1. The van der Waals surface area contributed by atoms with Crippen LogP contribution in [0.5, 0.6) is 5.75 Å². The van der Waals surface area contributed by atoms with Gasteiger partial charge in [-0.15, -0.1) is 0 Å². The maximum Gasteiger partial charge on any atom is 0.272 e. The van der Waals surface area contributed by atoms with Crippen LogP contribution in [0.15, 0.2) is 66.0 Å². The molecule has 0 saturated carbocycles. The molecule has 5 nitrogen and oxygen atoms in total. The summed E-state index contributed by atoms with van der Waals surface area (Å²) in [5.41, 5.74) is 3.86. The molecule has 1 heterocycles. The first-order valence-corrected chi connectivity index (χ1v) is 7.09. The van der Waals surface area contributed by atoms with Crippen molar-refractivity contribution in [3.05, 3.63) is 72.1 Å². The largest absolute Gasteiger partial charge is 0.496 e. The number of nitrogens with one attached hydrogen (secondary N) is 1. The van der Waals surface area contributed by atoms with Gasteiger partial charge in [0.05, 0.1) is 18.9 Å². The first kappa shape index (κ1) is 14.7. The van der Waals surface area contributed by atoms with E-state index in [4.69, 9.17) is 4.74 Å². The Bertz CT molecular complexity index is 861. The number of ether oxygens (including phenoxy) is 1. The van der Waals surface area contributed by atoms with Crippen LogP contribution in [0.2, 0.25) is 0 Å². The highest BCUT2D eigenvalue weighted by Crippen LogP contribution is 2.27. The minimum Gasteiger partial charge on any atom is -0.496 e. The third-order valence-corrected chi connectivity index (χ3v) is 3.43. The second kappa shape index (κ2) is 6.70. The van der Waals surface area contributed by atoms with Gasteiger partial charge in [-0.2, -0.15) is 5.10 Å². The minimum atomic E-state index is -0.299. The van der Waals surface area contributed by atoms with Crippen molar-refractivity contribution < 1.29 is 9.53 Å². The van der Waals surface area contributed by atoms with Gasteiger partial charge in [0.2, 0.25) is 0 Å². The van der Waals surface area contributed by atoms with Crippen molar-refractivity contribution in [1.82, 2.24) is 10.4 Å². The smallest absolute Gasteiger partial charge is 0.272 e. The minimum absolute atomic E-state index is 0.299. The van der Waals surface area contributed by atoms with Gasteiger partial charge >= 0.3 is 0 Å². The summed E-state index contributed by atoms with van der Waals surface area (Å²) in [6, 6.07) is 15.1. The van der Waals surface area contributed by atoms with Crippen molar-refractivity contribution >= 4 is 22.9 Å². The molecule has 0 radical (unpaired) electrons. The van der Waals surface area contributed by atoms with Crippen LogP contribution in [0.3, 0.4) is 0 Å². The molecule has 114 valence electrons. The summed E-state index contributed by atoms with van der Waals surface area (Å²) in [5, 5.41) is 6.03. The number of carbonyl (C=O) groups excluding carboxylic acids is 1. The zero-order chi connectivity index (χ0) is 16.1. The number of hydrazone groups is 1. The van der Waals surface area contributed by atoms with E-state index in [2.05, 4.69) is 15.5 Å². The Kier molecular flexibility index (Phi) is 4.29. The van der Waals surface area contributed by atoms with E-state index in [1.807, 2.05) is 36.4 Å². The molecular weight excluding hydrogens is 290 g/mol. The predicted molar refractivity (Wildman–Crippen MR) is 89.8 cm³/mol. The van der Waals surface area contributed by atoms with Crippen molar-refractivity contribution in [2.45, 2.75) is 0 Å². The van der Waals surface area contributed by atoms with Crippen LogP contribution < -0.4 is 10.2 Å². The van der Waals surface area contributed by atoms with Crippen molar-refractivity contribution in [3.63, 3.8) is 0 Å². The summed E-state index contributed by atoms with van der Waals surface area (Å²) < 4.78 is 5.36. The number of pyridine rings is 1. The number of carbonyl (C=O) groups is 1. The zero-order valence-corrected chi connectivity index (χ0v) is 12.6. The highest BCUT2D eigenvalue weighted by molar-refractivity contribution is 6.03. The van der Waals surface area contributed by atoms with Crippen LogP contribution in [0.1, 0.15) is 15.9 Å². The highest BCUT2D eigenvalue weighted by atomic mass is 16.5. The lowest BCUT2D eigenvalue weighted by Gasteiger charge is -2.07. The number of benzene rings is 2. The molecule has 0 aliphatic carbocycles. The van der Waals surface area contributed by atoms with E-state index >= 15 is 0 Å². The SMILES string of the molecule is COc1ccc(/C=N\NC(=O)c2cccnc2)c2ccccc12. The first-order chi connectivity index (χ1) is 11.3. The number of hydrogen-bond donors (Lipinski definition) is 1. The molecule has 0 atom stereocenters. The number of hydrogen-bond acceptors (Lipinski definition) is 4. The van der Waals surface area contributed by atoms with Gasteiger partial charge < -0.3 is 4.74 Å². The average molecular weight is 305 g/mol. The van der Waals surface area contributed by atoms with Gasteiger partial charge in [0, 0.05) is 23.3 Å². The van der Waals surface area contributed by atoms with E-state index in [0.29, 0.717) is 5.56 Å². The lowest BCUT2D eigenvalue weighted by atomic mass is 10.0. The van der Waals surface area contributed by atoms with Crippen molar-refractivity contribution in [2.75, 3.05) is 7.11 Å². The molecule has 23 heavy (non-hydrogen) atoms. The fourth-order valence-corrected chi connectivity index (χ4v) is 2.31. The molecule has 1 aromatic heterocycles. The fraction of sp³-hybridized carbons (Fsp3) is 0.0556. The molecule has 0 unspecified atom stereocenters. The maximum atomic E-state index is 11.9. The van der Waals surface area contributed by atoms with Crippen molar-refractivity contribution in [3.8, 4) is 5.75 Å². The molecule has 0 bridgehead atoms. The lowest BCUT2D eigenvalue weighted by Crippen LogP contribution is -2.17. The van der Waals surface area contributed by atoms with Gasteiger partial charge in [-0.1, -0.05) is 24.3 Å². The second-order valence-electron chi connectivity index (χ2n) is 4.84. The van der Waals surface area contributed by atoms with Crippen LogP contribution >= 0.6 is 0 Å². The molecule has 1 N–H and O–H groups in total. The van der Waals surface area contributed by atoms with Gasteiger partial charge in [-0.05, 0) is 29.7 Å². The Labute approximate surface area is 133 Å². The van der Waals surface area contributed by atoms with Gasteiger partial charge in [0.1, 0.15) is 5.75 Å². The third-order valence-electron chi connectivity index (χ3n) is 3.43. The Morgan fingerprint density at radius 2 is 1.96 bits per heavy atom. The summed E-state index contributed by atoms with van der Waals surface area (Å²) in [5.74, 6) is 0.504. The van der Waals surface area contributed by atoms with Gasteiger partial charge in [0.15, 0.2) is 0 Å². The van der Waals surface area contributed by atoms with Gasteiger partial charge in [-0.3, -0.25) is 9.78 Å². The number of methoxy groups -OCH3 is 1. The van der Waals surface area contributed by atoms with Crippen LogP contribution in [0.25, 0.3) is 10.8 Å². The number of nitrogens with zero attached hydrogens (tertiary/aromatic N) is 2. The first-order valence-electron chi connectivity index (χ1n) is 7.09. The van der Waals surface area contributed by atoms with E-state index in [9.17, 15) is 4.79 Å². The Morgan fingerprint density at radius 1 is 1.13 bits per heavy atom. The van der Waals surface area contributed by atoms with Crippen molar-refractivity contribution in [2.24, 2.45) is 5.10 Å². The zero-order valence-electron chi connectivity index (χ0n) is 12.6. The normalized spacial score (nSPS) is 10.8. The predicted octanol–water partition coefficient (Wildman–Crippen LogP) is 3.01. The van der Waals surface area contributed by atoms with E-state index in [1.54, 1.807) is 31.7 Å². The summed E-state index contributed by atoms with van der Waals surface area (Å²) >= 11 is 0. The van der Waals surface area contributed by atoms with E-state index < -0.39 is 0 Å². The van der Waals surface area contributed by atoms with Gasteiger partial charge in [0.25, 0.3) is 5.91 Å². The molecule has 0 aliphatic rings. The summed E-state index contributed by atoms with van der Waals surface area (Å²) in [4.78, 5) is 15.8. The van der Waals surface area contributed by atoms with E-state index in [-0.39, 0.29) is 5.91 Å². The second-order valence-corrected chi connectivity index (χ2v) is 4.84. The van der Waals surface area contributed by atoms with Crippen LogP contribution in [0.4, 0.5) is 0 Å². The number of amides is 1. The fourth-order valence-electron chi connectivity index (χ4n) is 2.31. The molecule has 2 aromatic carbocycles. The average Bonchev–Trinajstić information content (AvgIpc) is 2.62. The molecular formula is C18H15N3O2. The molecule has 3 rings (SSSR count). The van der Waals surface area contributed by atoms with Gasteiger partial charge in [-0.25, -0.2) is 5.43 Å². The number of fused-ring (bicyclic) bond motifs is 1. The summed E-state index contributed by atoms with van der Waals surface area (Å²) in [6.45, 7) is 0. The van der Waals surface area contributed by atoms with E-state index in [0.717, 1.165) is 22.1 Å². The standard InChI is InChI=1S/C18H15N3O2/c1-23-17-9-8-13(15-6-2-3-7-16(15)17)12-20-21-18(22)14-5-4-10-19-11-14/h2-12H,1H3,(H,21,22)/b20-12-. The maximum absolute atomic E-state index is 11.9. The molecule has 0 aliphatic heterocycles. The highest BCUT2D eigenvalue weighted by Gasteiger charge is 2.05. The van der Waals surface area contributed by atoms with Crippen LogP contribution in [-0.4, -0.2) is 24.2 Å². The summed E-state index contributed by atoms with van der Waals surface area (Å²) in [7, 11) is 1.64. The Balaban J connectivity index is 1.83. The number of rotatable bonds is 4. The van der Waals surface area contributed by atoms with E-state index in [1.165, 1.54) is 6.20 Å². The third kappa shape index (κ3) is 3.18. The molecule has 5 heteroatoms. The topological polar surface area (TPSA) is 63.6 Å². The molecule has 0 fully saturated rings. The Hall–Kier alpha value is -3.21. The monoisotopic (exact) mass is 305 g/mol. The van der Waals surface area contributed by atoms with Crippen LogP contribution in [0, 0.1) is 0 Å². The summed E-state index contributed by atoms with van der Waals surface area (Å²) in [6.07, 6.45) is 4.73. The van der Waals surface area contributed by atoms with Crippen molar-refractivity contribution in [1.29, 1.82) is 0 Å². The molecule has 3 aromatic rings. The Morgan fingerprint density at radius 3 is 2.70 bits per heavy atom. The lowest BCUT2D eigenvalue weighted by molar-refractivity contribution is 0.0955. The molecule has 1 amide bonds. The molecule has 0 spiro atoms. The quantitative estimate of drug-likeness (QED) is 0.595.